The minimum absolute atomic E-state index is 0.0855. The van der Waals surface area contributed by atoms with Crippen LogP contribution in [-0.4, -0.2) is 25.2 Å². The first-order chi connectivity index (χ1) is 6.03. The highest BCUT2D eigenvalue weighted by molar-refractivity contribution is 5.70. The lowest BCUT2D eigenvalue weighted by atomic mass is 9.90. The van der Waals surface area contributed by atoms with Gasteiger partial charge in [0.15, 0.2) is 0 Å². The van der Waals surface area contributed by atoms with Crippen LogP contribution in [0.15, 0.2) is 0 Å². The van der Waals surface area contributed by atoms with Crippen molar-refractivity contribution in [3.63, 3.8) is 0 Å². The number of esters is 1. The molecule has 1 aliphatic rings. The van der Waals surface area contributed by atoms with Crippen molar-refractivity contribution in [2.45, 2.75) is 39.7 Å². The minimum atomic E-state index is -0.0855. The maximum atomic E-state index is 11.1. The highest BCUT2D eigenvalue weighted by atomic mass is 16.5. The number of carbonyl (C=O) groups is 1. The van der Waals surface area contributed by atoms with Gasteiger partial charge in [0, 0.05) is 12.6 Å². The summed E-state index contributed by atoms with van der Waals surface area (Å²) in [6.45, 7) is 7.74. The van der Waals surface area contributed by atoms with Crippen LogP contribution in [0.1, 0.15) is 33.6 Å². The van der Waals surface area contributed by atoms with Crippen molar-refractivity contribution >= 4 is 5.97 Å². The van der Waals surface area contributed by atoms with Gasteiger partial charge in [-0.1, -0.05) is 13.8 Å². The van der Waals surface area contributed by atoms with E-state index in [1.54, 1.807) is 0 Å². The fourth-order valence-corrected chi connectivity index (χ4v) is 1.80. The number of hydrogen-bond donors (Lipinski definition) is 1. The van der Waals surface area contributed by atoms with Gasteiger partial charge in [0.1, 0.15) is 0 Å². The van der Waals surface area contributed by atoms with Crippen molar-refractivity contribution in [3.8, 4) is 0 Å². The second-order valence-corrected chi connectivity index (χ2v) is 4.46. The second kappa shape index (κ2) is 4.09. The predicted octanol–water partition coefficient (Wildman–Crippen LogP) is 1.33. The summed E-state index contributed by atoms with van der Waals surface area (Å²) in [4.78, 5) is 11.1. The number of nitrogens with one attached hydrogen (secondary N) is 1. The zero-order valence-corrected chi connectivity index (χ0v) is 8.72. The van der Waals surface area contributed by atoms with Gasteiger partial charge in [-0.2, -0.15) is 0 Å². The number of carbonyl (C=O) groups excluding carboxylic acids is 1. The third kappa shape index (κ3) is 3.35. The van der Waals surface area contributed by atoms with Crippen molar-refractivity contribution in [1.82, 2.24) is 5.32 Å². The summed E-state index contributed by atoms with van der Waals surface area (Å²) in [6.07, 6.45) is 1.57. The average molecular weight is 185 g/mol. The average Bonchev–Trinajstić information content (AvgIpc) is 2.30. The summed E-state index contributed by atoms with van der Waals surface area (Å²) in [5.41, 5.74) is 0.331. The molecule has 0 aliphatic carbocycles. The van der Waals surface area contributed by atoms with Gasteiger partial charge < -0.3 is 10.1 Å². The maximum Gasteiger partial charge on any atom is 0.307 e. The van der Waals surface area contributed by atoms with Crippen LogP contribution in [-0.2, 0) is 9.53 Å². The summed E-state index contributed by atoms with van der Waals surface area (Å²) < 4.78 is 4.89. The lowest BCUT2D eigenvalue weighted by molar-refractivity contribution is -0.143. The van der Waals surface area contributed by atoms with Crippen molar-refractivity contribution in [2.24, 2.45) is 5.41 Å². The summed E-state index contributed by atoms with van der Waals surface area (Å²) in [7, 11) is 0. The molecule has 3 nitrogen and oxygen atoms in total. The van der Waals surface area contributed by atoms with Crippen LogP contribution >= 0.6 is 0 Å². The molecule has 1 aliphatic heterocycles. The van der Waals surface area contributed by atoms with E-state index in [0.717, 1.165) is 13.0 Å². The van der Waals surface area contributed by atoms with Crippen LogP contribution in [0.3, 0.4) is 0 Å². The van der Waals surface area contributed by atoms with Crippen LogP contribution in [0, 0.1) is 5.41 Å². The molecule has 0 bridgehead atoms. The van der Waals surface area contributed by atoms with E-state index in [-0.39, 0.29) is 5.97 Å². The molecule has 3 heteroatoms. The minimum Gasteiger partial charge on any atom is -0.466 e. The van der Waals surface area contributed by atoms with E-state index in [9.17, 15) is 4.79 Å². The van der Waals surface area contributed by atoms with Gasteiger partial charge in [-0.15, -0.1) is 0 Å². The lowest BCUT2D eigenvalue weighted by Gasteiger charge is -2.14. The molecule has 0 radical (unpaired) electrons. The van der Waals surface area contributed by atoms with Crippen LogP contribution in [0.4, 0.5) is 0 Å². The van der Waals surface area contributed by atoms with Crippen LogP contribution in [0.2, 0.25) is 0 Å². The van der Waals surface area contributed by atoms with Gasteiger partial charge in [0.25, 0.3) is 0 Å². The molecule has 1 fully saturated rings. The standard InChI is InChI=1S/C10H19NO2/c1-4-13-9(12)5-8-6-10(2,3)7-11-8/h8,11H,4-7H2,1-3H3. The quantitative estimate of drug-likeness (QED) is 0.674. The molecule has 76 valence electrons. The molecule has 0 amide bonds. The van der Waals surface area contributed by atoms with Crippen molar-refractivity contribution in [3.05, 3.63) is 0 Å². The van der Waals surface area contributed by atoms with Crippen molar-refractivity contribution in [1.29, 1.82) is 0 Å². The van der Waals surface area contributed by atoms with E-state index in [0.29, 0.717) is 24.5 Å². The molecule has 1 saturated heterocycles. The summed E-state index contributed by atoms with van der Waals surface area (Å²) in [6, 6.07) is 0.314. The van der Waals surface area contributed by atoms with Gasteiger partial charge in [-0.25, -0.2) is 0 Å². The normalized spacial score (nSPS) is 25.9. The number of ether oxygens (including phenoxy) is 1. The van der Waals surface area contributed by atoms with Crippen LogP contribution in [0.25, 0.3) is 0 Å². The topological polar surface area (TPSA) is 38.3 Å². The van der Waals surface area contributed by atoms with E-state index < -0.39 is 0 Å². The Bertz CT molecular complexity index is 189. The molecule has 1 unspecified atom stereocenters. The van der Waals surface area contributed by atoms with E-state index in [2.05, 4.69) is 19.2 Å². The predicted molar refractivity (Wildman–Crippen MR) is 51.4 cm³/mol. The SMILES string of the molecule is CCOC(=O)CC1CC(C)(C)CN1. The molecule has 0 saturated carbocycles. The largest absolute Gasteiger partial charge is 0.466 e. The Hall–Kier alpha value is -0.570. The lowest BCUT2D eigenvalue weighted by Crippen LogP contribution is -2.25. The Kier molecular flexibility index (Phi) is 3.31. The summed E-state index contributed by atoms with van der Waals surface area (Å²) in [5, 5.41) is 3.34. The van der Waals surface area contributed by atoms with Crippen LogP contribution in [0.5, 0.6) is 0 Å². The van der Waals surface area contributed by atoms with Gasteiger partial charge in [-0.05, 0) is 18.8 Å². The molecule has 0 spiro atoms. The third-order valence-corrected chi connectivity index (χ3v) is 2.39. The molecule has 0 aromatic carbocycles. The number of hydrogen-bond acceptors (Lipinski definition) is 3. The molecule has 0 aromatic heterocycles. The Morgan fingerprint density at radius 2 is 2.31 bits per heavy atom. The molecule has 13 heavy (non-hydrogen) atoms. The fourth-order valence-electron chi connectivity index (χ4n) is 1.80. The van der Waals surface area contributed by atoms with Gasteiger partial charge in [0.05, 0.1) is 13.0 Å². The highest BCUT2D eigenvalue weighted by Gasteiger charge is 2.31. The fraction of sp³-hybridized carbons (Fsp3) is 0.900. The molecule has 1 rings (SSSR count). The first kappa shape index (κ1) is 10.5. The third-order valence-electron chi connectivity index (χ3n) is 2.39. The Labute approximate surface area is 79.8 Å². The van der Waals surface area contributed by atoms with E-state index in [1.165, 1.54) is 0 Å². The van der Waals surface area contributed by atoms with Crippen molar-refractivity contribution < 1.29 is 9.53 Å². The molecular formula is C10H19NO2. The molecule has 1 atom stereocenters. The molecular weight excluding hydrogens is 166 g/mol. The van der Waals surface area contributed by atoms with E-state index >= 15 is 0 Å². The first-order valence-electron chi connectivity index (χ1n) is 4.92. The zero-order chi connectivity index (χ0) is 9.90. The van der Waals surface area contributed by atoms with E-state index in [1.807, 2.05) is 6.92 Å². The highest BCUT2D eigenvalue weighted by Crippen LogP contribution is 2.28. The summed E-state index contributed by atoms with van der Waals surface area (Å²) >= 11 is 0. The van der Waals surface area contributed by atoms with Gasteiger partial charge in [0.2, 0.25) is 0 Å². The Balaban J connectivity index is 2.28. The second-order valence-electron chi connectivity index (χ2n) is 4.46. The van der Waals surface area contributed by atoms with Crippen LogP contribution < -0.4 is 5.32 Å². The monoisotopic (exact) mass is 185 g/mol. The Morgan fingerprint density at radius 3 is 2.77 bits per heavy atom. The van der Waals surface area contributed by atoms with Crippen molar-refractivity contribution in [2.75, 3.05) is 13.2 Å². The molecule has 1 N–H and O–H groups in total. The molecule has 1 heterocycles. The zero-order valence-electron chi connectivity index (χ0n) is 8.72. The maximum absolute atomic E-state index is 11.1. The van der Waals surface area contributed by atoms with Gasteiger partial charge in [-0.3, -0.25) is 4.79 Å². The van der Waals surface area contributed by atoms with Gasteiger partial charge >= 0.3 is 5.97 Å². The molecule has 0 aromatic rings. The number of rotatable bonds is 3. The summed E-state index contributed by atoms with van der Waals surface area (Å²) in [5.74, 6) is -0.0855. The van der Waals surface area contributed by atoms with E-state index in [4.69, 9.17) is 4.74 Å². The first-order valence-corrected chi connectivity index (χ1v) is 4.92. The smallest absolute Gasteiger partial charge is 0.307 e. The Morgan fingerprint density at radius 1 is 1.62 bits per heavy atom.